The highest BCUT2D eigenvalue weighted by Crippen LogP contribution is 2.23. The molecule has 0 spiro atoms. The lowest BCUT2D eigenvalue weighted by molar-refractivity contribution is 0.0779. The van der Waals surface area contributed by atoms with Crippen LogP contribution in [-0.2, 0) is 6.54 Å². The number of piperidine rings is 1. The number of carbonyl (C=O) groups excluding carboxylic acids is 1. The molecule has 3 heteroatoms. The molecule has 1 amide bonds. The summed E-state index contributed by atoms with van der Waals surface area (Å²) >= 11 is 0. The van der Waals surface area contributed by atoms with Gasteiger partial charge in [-0.15, -0.1) is 0 Å². The van der Waals surface area contributed by atoms with E-state index >= 15 is 0 Å². The van der Waals surface area contributed by atoms with Gasteiger partial charge in [-0.05, 0) is 60.7 Å². The molecular formula is C26H30N2O. The minimum absolute atomic E-state index is 0.128. The maximum Gasteiger partial charge on any atom is 0.254 e. The van der Waals surface area contributed by atoms with Crippen molar-refractivity contribution in [2.75, 3.05) is 26.7 Å². The Morgan fingerprint density at radius 1 is 0.931 bits per heavy atom. The summed E-state index contributed by atoms with van der Waals surface area (Å²) < 4.78 is 0. The van der Waals surface area contributed by atoms with Crippen molar-refractivity contribution in [2.45, 2.75) is 25.8 Å². The lowest BCUT2D eigenvalue weighted by Gasteiger charge is -2.32. The van der Waals surface area contributed by atoms with E-state index in [0.717, 1.165) is 48.9 Å². The number of amides is 1. The summed E-state index contributed by atoms with van der Waals surface area (Å²) in [7, 11) is 1.94. The predicted octanol–water partition coefficient (Wildman–Crippen LogP) is 5.21. The molecule has 3 nitrogen and oxygen atoms in total. The molecule has 0 saturated carbocycles. The van der Waals surface area contributed by atoms with E-state index in [1.807, 2.05) is 42.3 Å². The van der Waals surface area contributed by atoms with Crippen molar-refractivity contribution >= 4 is 16.7 Å². The van der Waals surface area contributed by atoms with E-state index in [9.17, 15) is 4.79 Å². The van der Waals surface area contributed by atoms with Crippen LogP contribution in [0.5, 0.6) is 0 Å². The van der Waals surface area contributed by atoms with Gasteiger partial charge in [-0.3, -0.25) is 9.69 Å². The van der Waals surface area contributed by atoms with Crippen LogP contribution in [0.15, 0.2) is 72.8 Å². The van der Waals surface area contributed by atoms with E-state index in [2.05, 4.69) is 47.4 Å². The maximum absolute atomic E-state index is 13.0. The average Bonchev–Trinajstić information content (AvgIpc) is 2.78. The third-order valence-corrected chi connectivity index (χ3v) is 6.20. The lowest BCUT2D eigenvalue weighted by atomic mass is 9.93. The Bertz CT molecular complexity index is 940. The second-order valence-corrected chi connectivity index (χ2v) is 8.25. The molecule has 4 rings (SSSR count). The summed E-state index contributed by atoms with van der Waals surface area (Å²) in [4.78, 5) is 17.5. The second kappa shape index (κ2) is 9.23. The van der Waals surface area contributed by atoms with Gasteiger partial charge in [-0.25, -0.2) is 0 Å². The van der Waals surface area contributed by atoms with Gasteiger partial charge < -0.3 is 4.90 Å². The number of likely N-dealkylation sites (tertiary alicyclic amines) is 1. The Kier molecular flexibility index (Phi) is 6.26. The Balaban J connectivity index is 1.28. The molecule has 1 heterocycles. The van der Waals surface area contributed by atoms with Crippen LogP contribution in [0.4, 0.5) is 0 Å². The monoisotopic (exact) mass is 386 g/mol. The van der Waals surface area contributed by atoms with E-state index in [1.54, 1.807) is 0 Å². The fourth-order valence-corrected chi connectivity index (χ4v) is 4.37. The predicted molar refractivity (Wildman–Crippen MR) is 120 cm³/mol. The summed E-state index contributed by atoms with van der Waals surface area (Å²) in [6, 6.07) is 24.8. The zero-order chi connectivity index (χ0) is 20.1. The van der Waals surface area contributed by atoms with Gasteiger partial charge >= 0.3 is 0 Å². The minimum Gasteiger partial charge on any atom is -0.342 e. The van der Waals surface area contributed by atoms with Crippen LogP contribution in [0.3, 0.4) is 0 Å². The highest BCUT2D eigenvalue weighted by molar-refractivity contribution is 6.06. The Morgan fingerprint density at radius 2 is 1.62 bits per heavy atom. The van der Waals surface area contributed by atoms with Gasteiger partial charge in [0.2, 0.25) is 0 Å². The van der Waals surface area contributed by atoms with Crippen molar-refractivity contribution in [3.63, 3.8) is 0 Å². The van der Waals surface area contributed by atoms with Gasteiger partial charge in [0, 0.05) is 25.7 Å². The van der Waals surface area contributed by atoms with Crippen molar-refractivity contribution in [1.82, 2.24) is 9.80 Å². The Hall–Kier alpha value is -2.65. The molecule has 150 valence electrons. The van der Waals surface area contributed by atoms with E-state index in [1.165, 1.54) is 18.4 Å². The summed E-state index contributed by atoms with van der Waals surface area (Å²) in [5.74, 6) is 0.841. The first-order valence-electron chi connectivity index (χ1n) is 10.7. The Labute approximate surface area is 173 Å². The molecule has 29 heavy (non-hydrogen) atoms. The number of rotatable bonds is 6. The van der Waals surface area contributed by atoms with Crippen molar-refractivity contribution in [3.05, 3.63) is 83.9 Å². The molecular weight excluding hydrogens is 356 g/mol. The van der Waals surface area contributed by atoms with E-state index in [-0.39, 0.29) is 5.91 Å². The summed E-state index contributed by atoms with van der Waals surface area (Å²) in [5, 5.41) is 2.17. The standard InChI is InChI=1S/C26H30N2O/c1-27(26(29)25-13-7-11-23-10-5-6-12-24(23)25)17-14-21-15-18-28(19-16-21)20-22-8-3-2-4-9-22/h2-13,21H,14-20H2,1H3. The molecule has 0 bridgehead atoms. The third-order valence-electron chi connectivity index (χ3n) is 6.20. The molecule has 0 unspecified atom stereocenters. The smallest absolute Gasteiger partial charge is 0.254 e. The Morgan fingerprint density at radius 3 is 2.41 bits per heavy atom. The highest BCUT2D eigenvalue weighted by atomic mass is 16.2. The minimum atomic E-state index is 0.128. The molecule has 1 saturated heterocycles. The fourth-order valence-electron chi connectivity index (χ4n) is 4.37. The second-order valence-electron chi connectivity index (χ2n) is 8.25. The molecule has 0 radical (unpaired) electrons. The maximum atomic E-state index is 13.0. The first-order chi connectivity index (χ1) is 14.2. The number of hydrogen-bond acceptors (Lipinski definition) is 2. The van der Waals surface area contributed by atoms with Gasteiger partial charge in [-0.2, -0.15) is 0 Å². The van der Waals surface area contributed by atoms with Crippen LogP contribution < -0.4 is 0 Å². The first-order valence-corrected chi connectivity index (χ1v) is 10.7. The average molecular weight is 387 g/mol. The SMILES string of the molecule is CN(CCC1CCN(Cc2ccccc2)CC1)C(=O)c1cccc2ccccc12. The summed E-state index contributed by atoms with van der Waals surface area (Å²) in [6.45, 7) is 4.18. The molecule has 0 N–H and O–H groups in total. The normalized spacial score (nSPS) is 15.5. The third kappa shape index (κ3) is 4.86. The topological polar surface area (TPSA) is 23.6 Å². The fraction of sp³-hybridized carbons (Fsp3) is 0.346. The zero-order valence-electron chi connectivity index (χ0n) is 17.3. The molecule has 1 aliphatic rings. The van der Waals surface area contributed by atoms with E-state index in [4.69, 9.17) is 0 Å². The molecule has 0 aromatic heterocycles. The molecule has 1 fully saturated rings. The molecule has 0 atom stereocenters. The van der Waals surface area contributed by atoms with E-state index < -0.39 is 0 Å². The largest absolute Gasteiger partial charge is 0.342 e. The quantitative estimate of drug-likeness (QED) is 0.580. The van der Waals surface area contributed by atoms with Gasteiger partial charge in [-0.1, -0.05) is 66.7 Å². The van der Waals surface area contributed by atoms with Gasteiger partial charge in [0.1, 0.15) is 0 Å². The number of benzene rings is 3. The highest BCUT2D eigenvalue weighted by Gasteiger charge is 2.21. The molecule has 3 aromatic carbocycles. The van der Waals surface area contributed by atoms with Crippen LogP contribution in [0, 0.1) is 5.92 Å². The van der Waals surface area contributed by atoms with Crippen molar-refractivity contribution in [2.24, 2.45) is 5.92 Å². The van der Waals surface area contributed by atoms with E-state index in [0.29, 0.717) is 5.92 Å². The van der Waals surface area contributed by atoms with Gasteiger partial charge in [0.05, 0.1) is 0 Å². The van der Waals surface area contributed by atoms with Gasteiger partial charge in [0.25, 0.3) is 5.91 Å². The summed E-state index contributed by atoms with van der Waals surface area (Å²) in [5.41, 5.74) is 2.20. The number of nitrogens with zero attached hydrogens (tertiary/aromatic N) is 2. The van der Waals surface area contributed by atoms with Crippen molar-refractivity contribution in [1.29, 1.82) is 0 Å². The first kappa shape index (κ1) is 19.7. The molecule has 3 aromatic rings. The number of fused-ring (bicyclic) bond motifs is 1. The van der Waals surface area contributed by atoms with Crippen molar-refractivity contribution < 1.29 is 4.79 Å². The van der Waals surface area contributed by atoms with Crippen LogP contribution >= 0.6 is 0 Å². The zero-order valence-corrected chi connectivity index (χ0v) is 17.3. The van der Waals surface area contributed by atoms with Crippen LogP contribution in [0.2, 0.25) is 0 Å². The lowest BCUT2D eigenvalue weighted by Crippen LogP contribution is -2.35. The van der Waals surface area contributed by atoms with Crippen LogP contribution in [0.1, 0.15) is 35.2 Å². The molecule has 1 aliphatic heterocycles. The van der Waals surface area contributed by atoms with Gasteiger partial charge in [0.15, 0.2) is 0 Å². The van der Waals surface area contributed by atoms with Crippen LogP contribution in [-0.4, -0.2) is 42.4 Å². The van der Waals surface area contributed by atoms with Crippen molar-refractivity contribution in [3.8, 4) is 0 Å². The number of carbonyl (C=O) groups is 1. The number of hydrogen-bond donors (Lipinski definition) is 0. The molecule has 0 aliphatic carbocycles. The van der Waals surface area contributed by atoms with Crippen LogP contribution in [0.25, 0.3) is 10.8 Å². The summed E-state index contributed by atoms with van der Waals surface area (Å²) in [6.07, 6.45) is 3.54.